The Hall–Kier alpha value is -0.830. The first-order valence-corrected chi connectivity index (χ1v) is 9.33. The Kier molecular flexibility index (Phi) is 17.5. The normalized spacial score (nSPS) is 11.2. The van der Waals surface area contributed by atoms with Gasteiger partial charge < -0.3 is 10.4 Å². The number of hydrogen-bond donors (Lipinski definition) is 2. The first-order chi connectivity index (χ1) is 10.8. The number of aliphatic hydroxyl groups excluding tert-OH is 1. The number of nitrogens with one attached hydrogen (secondary N) is 1. The molecular weight excluding hydrogens is 274 g/mol. The van der Waals surface area contributed by atoms with Crippen LogP contribution < -0.4 is 5.32 Å². The molecule has 0 spiro atoms. The van der Waals surface area contributed by atoms with E-state index < -0.39 is 0 Å². The summed E-state index contributed by atoms with van der Waals surface area (Å²) in [5.41, 5.74) is 0. The molecule has 0 aromatic carbocycles. The molecule has 0 bridgehead atoms. The van der Waals surface area contributed by atoms with Crippen molar-refractivity contribution in [2.24, 2.45) is 0 Å². The molecule has 0 aliphatic carbocycles. The minimum absolute atomic E-state index is 0.124. The number of carbonyl (C=O) groups excluding carboxylic acids is 1. The van der Waals surface area contributed by atoms with E-state index >= 15 is 0 Å². The minimum atomic E-state index is 0.124. The van der Waals surface area contributed by atoms with Crippen LogP contribution in [0.4, 0.5) is 0 Å². The van der Waals surface area contributed by atoms with Gasteiger partial charge in [-0.1, -0.05) is 57.6 Å². The van der Waals surface area contributed by atoms with Crippen molar-refractivity contribution < 1.29 is 9.90 Å². The van der Waals surface area contributed by atoms with Crippen molar-refractivity contribution in [2.45, 2.75) is 90.4 Å². The molecule has 0 aromatic rings. The van der Waals surface area contributed by atoms with E-state index in [-0.39, 0.29) is 12.5 Å². The summed E-state index contributed by atoms with van der Waals surface area (Å²) in [5.74, 6) is 0.124. The smallest absolute Gasteiger partial charge is 0.219 e. The van der Waals surface area contributed by atoms with Crippen molar-refractivity contribution in [1.82, 2.24) is 5.32 Å². The van der Waals surface area contributed by atoms with E-state index in [9.17, 15) is 4.79 Å². The van der Waals surface area contributed by atoms with E-state index in [0.29, 0.717) is 19.4 Å². The monoisotopic (exact) mass is 311 g/mol. The number of unbranched alkanes of at least 4 members (excludes halogenated alkanes) is 9. The molecule has 0 radical (unpaired) electrons. The molecular formula is C19H37NO2. The largest absolute Gasteiger partial charge is 0.396 e. The topological polar surface area (TPSA) is 49.3 Å². The summed E-state index contributed by atoms with van der Waals surface area (Å²) in [6.45, 7) is 2.99. The van der Waals surface area contributed by atoms with Crippen molar-refractivity contribution in [3.05, 3.63) is 12.2 Å². The average Bonchev–Trinajstić information content (AvgIpc) is 2.52. The molecule has 130 valence electrons. The van der Waals surface area contributed by atoms with Crippen LogP contribution in [-0.2, 0) is 4.79 Å². The number of hydrogen-bond acceptors (Lipinski definition) is 2. The molecule has 0 heterocycles. The van der Waals surface area contributed by atoms with Crippen LogP contribution in [0.2, 0.25) is 0 Å². The van der Waals surface area contributed by atoms with Gasteiger partial charge in [-0.2, -0.15) is 0 Å². The van der Waals surface area contributed by atoms with Crippen LogP contribution in [0.3, 0.4) is 0 Å². The highest BCUT2D eigenvalue weighted by molar-refractivity contribution is 5.75. The Balaban J connectivity index is 3.16. The van der Waals surface area contributed by atoms with Gasteiger partial charge in [-0.25, -0.2) is 0 Å². The zero-order chi connectivity index (χ0) is 16.3. The van der Waals surface area contributed by atoms with E-state index in [4.69, 9.17) is 5.11 Å². The lowest BCUT2D eigenvalue weighted by atomic mass is 10.1. The Bertz CT molecular complexity index is 264. The molecule has 0 aliphatic heterocycles. The lowest BCUT2D eigenvalue weighted by molar-refractivity contribution is -0.121. The second-order valence-corrected chi connectivity index (χ2v) is 6.05. The molecule has 0 atom stereocenters. The van der Waals surface area contributed by atoms with Gasteiger partial charge in [0, 0.05) is 19.6 Å². The molecule has 0 rings (SSSR count). The first-order valence-electron chi connectivity index (χ1n) is 9.33. The Morgan fingerprint density at radius 3 is 2.09 bits per heavy atom. The van der Waals surface area contributed by atoms with Gasteiger partial charge in [0.25, 0.3) is 0 Å². The van der Waals surface area contributed by atoms with E-state index in [1.54, 1.807) is 0 Å². The fraction of sp³-hybridized carbons (Fsp3) is 0.842. The third-order valence-electron chi connectivity index (χ3n) is 3.82. The molecule has 0 aromatic heterocycles. The van der Waals surface area contributed by atoms with Crippen LogP contribution in [0, 0.1) is 0 Å². The van der Waals surface area contributed by atoms with Crippen LogP contribution in [0.25, 0.3) is 0 Å². The second-order valence-electron chi connectivity index (χ2n) is 6.05. The fourth-order valence-electron chi connectivity index (χ4n) is 2.40. The molecule has 22 heavy (non-hydrogen) atoms. The Labute approximate surface area is 137 Å². The third-order valence-corrected chi connectivity index (χ3v) is 3.82. The van der Waals surface area contributed by atoms with E-state index in [1.165, 1.54) is 57.8 Å². The molecule has 3 heteroatoms. The highest BCUT2D eigenvalue weighted by Crippen LogP contribution is 2.08. The van der Waals surface area contributed by atoms with E-state index in [1.807, 2.05) is 0 Å². The van der Waals surface area contributed by atoms with Crippen LogP contribution in [0.15, 0.2) is 12.2 Å². The fourth-order valence-corrected chi connectivity index (χ4v) is 2.40. The molecule has 0 saturated carbocycles. The summed E-state index contributed by atoms with van der Waals surface area (Å²) in [7, 11) is 0. The summed E-state index contributed by atoms with van der Waals surface area (Å²) in [5, 5.41) is 11.4. The maximum Gasteiger partial charge on any atom is 0.219 e. The molecule has 0 fully saturated rings. The SMILES string of the molecule is CCCCCC/C=C\CCCCCCCC(=O)NCCCO. The minimum Gasteiger partial charge on any atom is -0.396 e. The van der Waals surface area contributed by atoms with E-state index in [2.05, 4.69) is 24.4 Å². The zero-order valence-corrected chi connectivity index (χ0v) is 14.6. The second kappa shape index (κ2) is 18.2. The molecule has 1 amide bonds. The Morgan fingerprint density at radius 2 is 1.45 bits per heavy atom. The summed E-state index contributed by atoms with van der Waals surface area (Å²) < 4.78 is 0. The number of aliphatic hydroxyl groups is 1. The van der Waals surface area contributed by atoms with Crippen LogP contribution in [-0.4, -0.2) is 24.2 Å². The predicted molar refractivity (Wildman–Crippen MR) is 94.9 cm³/mol. The maximum absolute atomic E-state index is 11.4. The van der Waals surface area contributed by atoms with Crippen molar-refractivity contribution in [3.8, 4) is 0 Å². The van der Waals surface area contributed by atoms with Crippen molar-refractivity contribution in [3.63, 3.8) is 0 Å². The average molecular weight is 312 g/mol. The standard InChI is InChI=1S/C19H37NO2/c1-2-3-4-5-6-7-8-9-10-11-12-13-14-16-19(22)20-17-15-18-21/h7-8,21H,2-6,9-18H2,1H3,(H,20,22)/b8-7-. The van der Waals surface area contributed by atoms with Gasteiger partial charge in [0.1, 0.15) is 0 Å². The predicted octanol–water partition coefficient (Wildman–Crippen LogP) is 4.74. The van der Waals surface area contributed by atoms with Gasteiger partial charge in [0.2, 0.25) is 5.91 Å². The van der Waals surface area contributed by atoms with Gasteiger partial charge in [-0.3, -0.25) is 4.79 Å². The number of rotatable bonds is 16. The van der Waals surface area contributed by atoms with Crippen molar-refractivity contribution >= 4 is 5.91 Å². The van der Waals surface area contributed by atoms with Crippen molar-refractivity contribution in [2.75, 3.05) is 13.2 Å². The maximum atomic E-state index is 11.4. The number of amides is 1. The highest BCUT2D eigenvalue weighted by Gasteiger charge is 1.99. The van der Waals surface area contributed by atoms with Crippen LogP contribution in [0.1, 0.15) is 90.4 Å². The lowest BCUT2D eigenvalue weighted by Gasteiger charge is -2.03. The zero-order valence-electron chi connectivity index (χ0n) is 14.6. The van der Waals surface area contributed by atoms with Gasteiger partial charge in [0.15, 0.2) is 0 Å². The van der Waals surface area contributed by atoms with Crippen molar-refractivity contribution in [1.29, 1.82) is 0 Å². The number of carbonyl (C=O) groups is 1. The van der Waals surface area contributed by atoms with Crippen LogP contribution in [0.5, 0.6) is 0 Å². The summed E-state index contributed by atoms with van der Waals surface area (Å²) in [6.07, 6.45) is 19.7. The summed E-state index contributed by atoms with van der Waals surface area (Å²) >= 11 is 0. The van der Waals surface area contributed by atoms with Gasteiger partial charge in [-0.15, -0.1) is 0 Å². The molecule has 0 aliphatic rings. The molecule has 3 nitrogen and oxygen atoms in total. The highest BCUT2D eigenvalue weighted by atomic mass is 16.3. The molecule has 2 N–H and O–H groups in total. The van der Waals surface area contributed by atoms with Gasteiger partial charge in [0.05, 0.1) is 0 Å². The van der Waals surface area contributed by atoms with E-state index in [0.717, 1.165) is 12.8 Å². The van der Waals surface area contributed by atoms with Gasteiger partial charge >= 0.3 is 0 Å². The molecule has 0 saturated heterocycles. The first kappa shape index (κ1) is 21.2. The molecule has 0 unspecified atom stereocenters. The van der Waals surface area contributed by atoms with Crippen LogP contribution >= 0.6 is 0 Å². The number of allylic oxidation sites excluding steroid dienone is 2. The third kappa shape index (κ3) is 17.2. The lowest BCUT2D eigenvalue weighted by Crippen LogP contribution is -2.24. The quantitative estimate of drug-likeness (QED) is 0.319. The summed E-state index contributed by atoms with van der Waals surface area (Å²) in [6, 6.07) is 0. The summed E-state index contributed by atoms with van der Waals surface area (Å²) in [4.78, 5) is 11.4. The van der Waals surface area contributed by atoms with Gasteiger partial charge in [-0.05, 0) is 38.5 Å². The Morgan fingerprint density at radius 1 is 0.864 bits per heavy atom.